The molecule has 2 heterocycles. The lowest BCUT2D eigenvalue weighted by Gasteiger charge is -2.20. The van der Waals surface area contributed by atoms with Crippen LogP contribution in [-0.2, 0) is 16.8 Å². The summed E-state index contributed by atoms with van der Waals surface area (Å²) in [5, 5.41) is 3.63. The van der Waals surface area contributed by atoms with E-state index in [1.54, 1.807) is 24.3 Å². The number of benzene rings is 2. The molecule has 1 aromatic heterocycles. The molecule has 0 unspecified atom stereocenters. The largest absolute Gasteiger partial charge is 0.329 e. The molecule has 4 rings (SSSR count). The van der Waals surface area contributed by atoms with Crippen molar-refractivity contribution in [3.63, 3.8) is 0 Å². The van der Waals surface area contributed by atoms with Gasteiger partial charge >= 0.3 is 6.03 Å². The molecular weight excluding hydrogens is 469 g/mol. The summed E-state index contributed by atoms with van der Waals surface area (Å²) < 4.78 is 2.14. The first-order valence-electron chi connectivity index (χ1n) is 11.0. The number of carbonyl (C=O) groups is 2. The van der Waals surface area contributed by atoms with Crippen molar-refractivity contribution in [2.75, 3.05) is 0 Å². The van der Waals surface area contributed by atoms with Crippen LogP contribution in [0.1, 0.15) is 48.8 Å². The highest BCUT2D eigenvalue weighted by Crippen LogP contribution is 2.28. The Morgan fingerprint density at radius 3 is 2.29 bits per heavy atom. The van der Waals surface area contributed by atoms with Crippen molar-refractivity contribution in [3.05, 3.63) is 92.4 Å². The molecule has 3 aromatic rings. The highest BCUT2D eigenvalue weighted by molar-refractivity contribution is 6.33. The SMILES string of the molecule is Cc1cc(/C=C2\NC(=O)N(Cc3cc(Cl)ccc3Cl)C2=O)c(C)n1-c1ccc(C(C)(C)C)cc1. The van der Waals surface area contributed by atoms with Gasteiger partial charge in [-0.25, -0.2) is 4.79 Å². The van der Waals surface area contributed by atoms with Crippen LogP contribution in [0.5, 0.6) is 0 Å². The van der Waals surface area contributed by atoms with Crippen LogP contribution in [-0.4, -0.2) is 21.4 Å². The van der Waals surface area contributed by atoms with Gasteiger partial charge in [0.15, 0.2) is 0 Å². The molecule has 34 heavy (non-hydrogen) atoms. The van der Waals surface area contributed by atoms with Gasteiger partial charge in [-0.05, 0) is 78.4 Å². The normalized spacial score (nSPS) is 15.4. The number of aryl methyl sites for hydroxylation is 1. The third-order valence-electron chi connectivity index (χ3n) is 6.06. The first-order chi connectivity index (χ1) is 16.0. The van der Waals surface area contributed by atoms with Gasteiger partial charge in [0.25, 0.3) is 5.91 Å². The van der Waals surface area contributed by atoms with Crippen LogP contribution < -0.4 is 5.32 Å². The summed E-state index contributed by atoms with van der Waals surface area (Å²) in [7, 11) is 0. The summed E-state index contributed by atoms with van der Waals surface area (Å²) in [5.74, 6) is -0.402. The Bertz CT molecular complexity index is 1310. The van der Waals surface area contributed by atoms with E-state index >= 15 is 0 Å². The molecule has 1 N–H and O–H groups in total. The number of nitrogens with zero attached hydrogens (tertiary/aromatic N) is 2. The fraction of sp³-hybridized carbons (Fsp3) is 0.259. The second-order valence-electron chi connectivity index (χ2n) is 9.57. The highest BCUT2D eigenvalue weighted by atomic mass is 35.5. The van der Waals surface area contributed by atoms with Crippen molar-refractivity contribution >= 4 is 41.2 Å². The summed E-state index contributed by atoms with van der Waals surface area (Å²) >= 11 is 12.3. The first-order valence-corrected chi connectivity index (χ1v) is 11.8. The van der Waals surface area contributed by atoms with Gasteiger partial charge in [-0.15, -0.1) is 0 Å². The maximum atomic E-state index is 13.0. The minimum Gasteiger partial charge on any atom is -0.318 e. The van der Waals surface area contributed by atoms with Crippen LogP contribution in [0.4, 0.5) is 4.79 Å². The molecular formula is C27H27Cl2N3O2. The van der Waals surface area contributed by atoms with E-state index < -0.39 is 11.9 Å². The molecule has 0 bridgehead atoms. The molecule has 1 saturated heterocycles. The van der Waals surface area contributed by atoms with Crippen LogP contribution in [0.25, 0.3) is 11.8 Å². The highest BCUT2D eigenvalue weighted by Gasteiger charge is 2.34. The zero-order valence-electron chi connectivity index (χ0n) is 19.9. The van der Waals surface area contributed by atoms with Crippen LogP contribution in [0.2, 0.25) is 10.0 Å². The van der Waals surface area contributed by atoms with E-state index in [0.717, 1.165) is 27.5 Å². The average molecular weight is 496 g/mol. The van der Waals surface area contributed by atoms with Gasteiger partial charge in [-0.1, -0.05) is 56.1 Å². The molecule has 3 amide bonds. The molecule has 2 aromatic carbocycles. The fourth-order valence-corrected chi connectivity index (χ4v) is 4.52. The third kappa shape index (κ3) is 4.63. The van der Waals surface area contributed by atoms with Gasteiger partial charge in [0.05, 0.1) is 6.54 Å². The average Bonchev–Trinajstić information content (AvgIpc) is 3.19. The van der Waals surface area contributed by atoms with E-state index in [1.807, 2.05) is 19.9 Å². The number of hydrogen-bond donors (Lipinski definition) is 1. The maximum absolute atomic E-state index is 13.0. The minimum absolute atomic E-state index is 0.0422. The van der Waals surface area contributed by atoms with Gasteiger partial charge in [0.2, 0.25) is 0 Å². The van der Waals surface area contributed by atoms with Crippen molar-refractivity contribution in [1.82, 2.24) is 14.8 Å². The zero-order valence-corrected chi connectivity index (χ0v) is 21.4. The molecule has 0 saturated carbocycles. The summed E-state index contributed by atoms with van der Waals surface area (Å²) in [6, 6.07) is 15.0. The van der Waals surface area contributed by atoms with Crippen molar-refractivity contribution in [3.8, 4) is 5.69 Å². The van der Waals surface area contributed by atoms with Crippen LogP contribution in [0.3, 0.4) is 0 Å². The quantitative estimate of drug-likeness (QED) is 0.319. The van der Waals surface area contributed by atoms with Gasteiger partial charge in [-0.2, -0.15) is 0 Å². The molecule has 0 spiro atoms. The van der Waals surface area contributed by atoms with Crippen LogP contribution in [0, 0.1) is 13.8 Å². The Labute approximate surface area is 210 Å². The Kier molecular flexibility index (Phi) is 6.36. The summed E-state index contributed by atoms with van der Waals surface area (Å²) in [5.41, 5.74) is 6.11. The van der Waals surface area contributed by atoms with Gasteiger partial charge in [-0.3, -0.25) is 9.69 Å². The molecule has 1 aliphatic heterocycles. The number of nitrogens with one attached hydrogen (secondary N) is 1. The van der Waals surface area contributed by atoms with Gasteiger partial charge in [0.1, 0.15) is 5.70 Å². The second kappa shape index (κ2) is 8.97. The summed E-state index contributed by atoms with van der Waals surface area (Å²) in [4.78, 5) is 26.7. The van der Waals surface area contributed by atoms with Crippen molar-refractivity contribution in [2.45, 2.75) is 46.6 Å². The Hall–Kier alpha value is -3.02. The summed E-state index contributed by atoms with van der Waals surface area (Å²) in [6.45, 7) is 10.6. The fourth-order valence-electron chi connectivity index (χ4n) is 4.15. The van der Waals surface area contributed by atoms with E-state index in [1.165, 1.54) is 5.56 Å². The number of carbonyl (C=O) groups excluding carboxylic acids is 2. The maximum Gasteiger partial charge on any atom is 0.329 e. The number of hydrogen-bond acceptors (Lipinski definition) is 2. The molecule has 0 radical (unpaired) electrons. The van der Waals surface area contributed by atoms with E-state index in [2.05, 4.69) is 54.9 Å². The number of imide groups is 1. The summed E-state index contributed by atoms with van der Waals surface area (Å²) in [6.07, 6.45) is 1.72. The Morgan fingerprint density at radius 2 is 1.65 bits per heavy atom. The van der Waals surface area contributed by atoms with E-state index in [4.69, 9.17) is 23.2 Å². The molecule has 5 nitrogen and oxygen atoms in total. The molecule has 7 heteroatoms. The first kappa shape index (κ1) is 24.1. The molecule has 176 valence electrons. The molecule has 0 aliphatic carbocycles. The minimum atomic E-state index is -0.487. The Balaban J connectivity index is 1.62. The monoisotopic (exact) mass is 495 g/mol. The standard InChI is InChI=1S/C27H27Cl2N3O2/c1-16-12-18(17(2)32(16)22-9-6-20(7-10-22)27(3,4)5)14-24-25(33)31(26(34)30-24)15-19-13-21(28)8-11-23(19)29/h6-14H,15H2,1-5H3,(H,30,34)/b24-14-. The van der Waals surface area contributed by atoms with Crippen molar-refractivity contribution in [1.29, 1.82) is 0 Å². The lowest BCUT2D eigenvalue weighted by atomic mass is 9.87. The van der Waals surface area contributed by atoms with E-state index in [0.29, 0.717) is 15.6 Å². The van der Waals surface area contributed by atoms with Gasteiger partial charge in [0, 0.05) is 27.1 Å². The van der Waals surface area contributed by atoms with Gasteiger partial charge < -0.3 is 9.88 Å². The van der Waals surface area contributed by atoms with E-state index in [-0.39, 0.29) is 17.7 Å². The number of aromatic nitrogens is 1. The van der Waals surface area contributed by atoms with E-state index in [9.17, 15) is 9.59 Å². The van der Waals surface area contributed by atoms with Crippen LogP contribution >= 0.6 is 23.2 Å². The number of halogens is 2. The predicted molar refractivity (Wildman–Crippen MR) is 137 cm³/mol. The number of amides is 3. The molecule has 1 aliphatic rings. The molecule has 1 fully saturated rings. The lowest BCUT2D eigenvalue weighted by Crippen LogP contribution is -2.30. The second-order valence-corrected chi connectivity index (χ2v) is 10.4. The number of rotatable bonds is 4. The zero-order chi connectivity index (χ0) is 24.8. The molecule has 0 atom stereocenters. The lowest BCUT2D eigenvalue weighted by molar-refractivity contribution is -0.123. The topological polar surface area (TPSA) is 54.3 Å². The van der Waals surface area contributed by atoms with Crippen molar-refractivity contribution in [2.24, 2.45) is 0 Å². The predicted octanol–water partition coefficient (Wildman–Crippen LogP) is 6.79. The number of urea groups is 1. The third-order valence-corrected chi connectivity index (χ3v) is 6.66. The van der Waals surface area contributed by atoms with Crippen LogP contribution in [0.15, 0.2) is 54.2 Å². The van der Waals surface area contributed by atoms with Crippen molar-refractivity contribution < 1.29 is 9.59 Å². The Morgan fingerprint density at radius 1 is 0.971 bits per heavy atom. The smallest absolute Gasteiger partial charge is 0.318 e.